The van der Waals surface area contributed by atoms with Crippen LogP contribution in [0.25, 0.3) is 0 Å². The van der Waals surface area contributed by atoms with Crippen molar-refractivity contribution >= 4 is 17.0 Å². The summed E-state index contributed by atoms with van der Waals surface area (Å²) in [7, 11) is 0. The van der Waals surface area contributed by atoms with E-state index in [4.69, 9.17) is 9.84 Å². The van der Waals surface area contributed by atoms with Crippen molar-refractivity contribution in [1.29, 1.82) is 0 Å². The molecule has 3 heterocycles. The topological polar surface area (TPSA) is 24.8 Å². The van der Waals surface area contributed by atoms with Crippen LogP contribution in [-0.4, -0.2) is 10.7 Å². The van der Waals surface area contributed by atoms with Gasteiger partial charge < -0.3 is 4.74 Å². The largest absolute Gasteiger partial charge is 0.464 e. The molecule has 2 aromatic carbocycles. The highest BCUT2D eigenvalue weighted by Gasteiger charge is 2.41. The van der Waals surface area contributed by atoms with Gasteiger partial charge in [0.25, 0.3) is 0 Å². The van der Waals surface area contributed by atoms with Gasteiger partial charge in [0.05, 0.1) is 16.6 Å². The number of para-hydroxylation sites is 1. The predicted octanol–water partition coefficient (Wildman–Crippen LogP) is 5.30. The third kappa shape index (κ3) is 2.36. The van der Waals surface area contributed by atoms with Crippen molar-refractivity contribution in [1.82, 2.24) is 5.01 Å². The summed E-state index contributed by atoms with van der Waals surface area (Å²) < 4.78 is 6.38. The zero-order valence-electron chi connectivity index (χ0n) is 13.9. The van der Waals surface area contributed by atoms with Gasteiger partial charge in [-0.3, -0.25) is 0 Å². The Hall–Kier alpha value is -2.59. The van der Waals surface area contributed by atoms with Gasteiger partial charge >= 0.3 is 0 Å². The van der Waals surface area contributed by atoms with E-state index in [0.717, 1.165) is 17.9 Å². The SMILES string of the molecule is Cc1ccsc1[C@@H]1Oc2ccccc2[C@@H]2CC(c3ccccc3)=NN21. The first-order valence-corrected chi connectivity index (χ1v) is 9.40. The number of hydrazone groups is 1. The second-order valence-corrected chi connectivity index (χ2v) is 7.44. The van der Waals surface area contributed by atoms with Crippen molar-refractivity contribution in [3.05, 3.63) is 87.6 Å². The van der Waals surface area contributed by atoms with Crippen LogP contribution in [0.2, 0.25) is 0 Å². The fraction of sp³-hybridized carbons (Fsp3) is 0.190. The molecule has 0 bridgehead atoms. The quantitative estimate of drug-likeness (QED) is 0.629. The molecule has 0 saturated carbocycles. The van der Waals surface area contributed by atoms with Crippen molar-refractivity contribution in [2.45, 2.75) is 25.6 Å². The molecular formula is C21H18N2OS. The lowest BCUT2D eigenvalue weighted by molar-refractivity contribution is -0.0169. The number of ether oxygens (including phenoxy) is 1. The van der Waals surface area contributed by atoms with Crippen molar-refractivity contribution < 1.29 is 4.74 Å². The minimum absolute atomic E-state index is 0.152. The number of hydrogen-bond donors (Lipinski definition) is 0. The Morgan fingerprint density at radius 1 is 1.04 bits per heavy atom. The van der Waals surface area contributed by atoms with Crippen molar-refractivity contribution in [2.24, 2.45) is 5.10 Å². The number of fused-ring (bicyclic) bond motifs is 3. The molecule has 0 spiro atoms. The number of nitrogens with zero attached hydrogens (tertiary/aromatic N) is 2. The first-order valence-electron chi connectivity index (χ1n) is 8.52. The van der Waals surface area contributed by atoms with E-state index in [1.807, 2.05) is 12.1 Å². The summed E-state index contributed by atoms with van der Waals surface area (Å²) in [4.78, 5) is 1.23. The van der Waals surface area contributed by atoms with E-state index in [9.17, 15) is 0 Å². The molecule has 0 aliphatic carbocycles. The molecule has 0 saturated heterocycles. The molecular weight excluding hydrogens is 328 g/mol. The fourth-order valence-corrected chi connectivity index (χ4v) is 4.59. The van der Waals surface area contributed by atoms with Gasteiger partial charge in [0, 0.05) is 12.0 Å². The lowest BCUT2D eigenvalue weighted by atomic mass is 9.96. The van der Waals surface area contributed by atoms with E-state index >= 15 is 0 Å². The standard InChI is InChI=1S/C21H18N2OS/c1-14-11-12-25-20(14)21-23-18(16-9-5-6-10-19(16)24-21)13-17(22-23)15-7-3-2-4-8-15/h2-12,18,21H,13H2,1H3/t18-,21-/m0/s1. The second-order valence-electron chi connectivity index (χ2n) is 6.49. The van der Waals surface area contributed by atoms with E-state index < -0.39 is 0 Å². The molecule has 1 aromatic heterocycles. The van der Waals surface area contributed by atoms with Crippen molar-refractivity contribution in [3.63, 3.8) is 0 Å². The Morgan fingerprint density at radius 2 is 1.84 bits per heavy atom. The third-order valence-electron chi connectivity index (χ3n) is 4.93. The Kier molecular flexibility index (Phi) is 3.38. The number of benzene rings is 2. The van der Waals surface area contributed by atoms with E-state index in [1.165, 1.54) is 21.6 Å². The molecule has 2 aliphatic heterocycles. The molecule has 3 aromatic rings. The first kappa shape index (κ1) is 14.7. The summed E-state index contributed by atoms with van der Waals surface area (Å²) in [5, 5.41) is 9.27. The molecule has 0 N–H and O–H groups in total. The molecule has 2 atom stereocenters. The highest BCUT2D eigenvalue weighted by Crippen LogP contribution is 2.48. The Balaban J connectivity index is 1.62. The second kappa shape index (κ2) is 5.74. The average Bonchev–Trinajstić information content (AvgIpc) is 3.28. The van der Waals surface area contributed by atoms with Crippen LogP contribution in [0.3, 0.4) is 0 Å². The highest BCUT2D eigenvalue weighted by molar-refractivity contribution is 7.10. The van der Waals surface area contributed by atoms with E-state index in [2.05, 4.69) is 65.8 Å². The summed E-state index contributed by atoms with van der Waals surface area (Å²) in [6.07, 6.45) is 0.756. The minimum atomic E-state index is -0.152. The molecule has 25 heavy (non-hydrogen) atoms. The van der Waals surface area contributed by atoms with Gasteiger partial charge in [-0.05, 0) is 35.6 Å². The monoisotopic (exact) mass is 346 g/mol. The van der Waals surface area contributed by atoms with Gasteiger partial charge in [0.15, 0.2) is 0 Å². The van der Waals surface area contributed by atoms with Crippen LogP contribution in [0.15, 0.2) is 71.1 Å². The summed E-state index contributed by atoms with van der Waals surface area (Å²) in [6, 6.07) is 21.2. The molecule has 3 nitrogen and oxygen atoms in total. The van der Waals surface area contributed by atoms with E-state index in [0.29, 0.717) is 0 Å². The van der Waals surface area contributed by atoms with Crippen LogP contribution in [0, 0.1) is 6.92 Å². The Labute approximate surface area is 151 Å². The van der Waals surface area contributed by atoms with Crippen LogP contribution in [0.1, 0.15) is 40.3 Å². The number of aryl methyl sites for hydroxylation is 1. The third-order valence-corrected chi connectivity index (χ3v) is 5.98. The number of thiophene rings is 1. The molecule has 2 aliphatic rings. The smallest absolute Gasteiger partial charge is 0.223 e. The summed E-state index contributed by atoms with van der Waals surface area (Å²) >= 11 is 1.74. The molecule has 5 rings (SSSR count). The van der Waals surface area contributed by atoms with Gasteiger partial charge in [0.1, 0.15) is 5.75 Å². The van der Waals surface area contributed by atoms with Crippen molar-refractivity contribution in [3.8, 4) is 5.75 Å². The zero-order chi connectivity index (χ0) is 16.8. The van der Waals surface area contributed by atoms with Crippen LogP contribution in [0.4, 0.5) is 0 Å². The van der Waals surface area contributed by atoms with Crippen molar-refractivity contribution in [2.75, 3.05) is 0 Å². The van der Waals surface area contributed by atoms with Crippen LogP contribution in [0.5, 0.6) is 5.75 Å². The summed E-state index contributed by atoms with van der Waals surface area (Å²) in [5.41, 5.74) is 4.81. The van der Waals surface area contributed by atoms with Crippen LogP contribution < -0.4 is 4.74 Å². The summed E-state index contributed by atoms with van der Waals surface area (Å²) in [5.74, 6) is 0.978. The molecule has 0 amide bonds. The molecule has 0 unspecified atom stereocenters. The molecule has 0 radical (unpaired) electrons. The average molecular weight is 346 g/mol. The number of hydrogen-bond acceptors (Lipinski definition) is 4. The predicted molar refractivity (Wildman–Crippen MR) is 101 cm³/mol. The molecule has 124 valence electrons. The highest BCUT2D eigenvalue weighted by atomic mass is 32.1. The normalized spacial score (nSPS) is 21.3. The maximum Gasteiger partial charge on any atom is 0.223 e. The lowest BCUT2D eigenvalue weighted by Crippen LogP contribution is -2.33. The molecule has 4 heteroatoms. The van der Waals surface area contributed by atoms with Gasteiger partial charge in [0.2, 0.25) is 6.23 Å². The summed E-state index contributed by atoms with van der Waals surface area (Å²) in [6.45, 7) is 2.14. The first-order chi connectivity index (χ1) is 12.3. The van der Waals surface area contributed by atoms with E-state index in [1.54, 1.807) is 11.3 Å². The Bertz CT molecular complexity index is 947. The Morgan fingerprint density at radius 3 is 2.64 bits per heavy atom. The minimum Gasteiger partial charge on any atom is -0.464 e. The number of rotatable bonds is 2. The maximum absolute atomic E-state index is 6.38. The fourth-order valence-electron chi connectivity index (χ4n) is 3.65. The maximum atomic E-state index is 6.38. The zero-order valence-corrected chi connectivity index (χ0v) is 14.7. The van der Waals surface area contributed by atoms with Gasteiger partial charge in [-0.15, -0.1) is 11.3 Å². The van der Waals surface area contributed by atoms with E-state index in [-0.39, 0.29) is 12.3 Å². The lowest BCUT2D eigenvalue weighted by Gasteiger charge is -2.37. The van der Waals surface area contributed by atoms with Crippen LogP contribution >= 0.6 is 11.3 Å². The van der Waals surface area contributed by atoms with Gasteiger partial charge in [-0.25, -0.2) is 5.01 Å². The molecule has 0 fully saturated rings. The van der Waals surface area contributed by atoms with Gasteiger partial charge in [-0.2, -0.15) is 5.10 Å². The van der Waals surface area contributed by atoms with Crippen LogP contribution in [-0.2, 0) is 0 Å². The van der Waals surface area contributed by atoms with Gasteiger partial charge in [-0.1, -0.05) is 48.5 Å².